The molecule has 0 bridgehead atoms. The first-order valence-electron chi connectivity index (χ1n) is 15.0. The van der Waals surface area contributed by atoms with Gasteiger partial charge in [-0.3, -0.25) is 9.69 Å². The summed E-state index contributed by atoms with van der Waals surface area (Å²) in [6.07, 6.45) is -1.99. The SMILES string of the molecule is COCC(C)(COC)CN(CCCN(C)CC[C@@]1(OC(=O)C(C)C)CCc2cc(F)ccc2[C@@H]1C(C)C)CC(F)(F)F. The van der Waals surface area contributed by atoms with Crippen LogP contribution in [0.4, 0.5) is 17.6 Å². The summed E-state index contributed by atoms with van der Waals surface area (Å²) in [5.74, 6) is -0.772. The minimum Gasteiger partial charge on any atom is -0.458 e. The van der Waals surface area contributed by atoms with Gasteiger partial charge in [-0.15, -0.1) is 0 Å². The summed E-state index contributed by atoms with van der Waals surface area (Å²) in [7, 11) is 5.02. The Kier molecular flexibility index (Phi) is 13.7. The van der Waals surface area contributed by atoms with Crippen molar-refractivity contribution in [1.29, 1.82) is 0 Å². The van der Waals surface area contributed by atoms with Gasteiger partial charge in [0.25, 0.3) is 0 Å². The van der Waals surface area contributed by atoms with E-state index in [4.69, 9.17) is 14.2 Å². The van der Waals surface area contributed by atoms with Crippen molar-refractivity contribution in [2.24, 2.45) is 17.3 Å². The van der Waals surface area contributed by atoms with Gasteiger partial charge in [0, 0.05) is 45.1 Å². The zero-order chi connectivity index (χ0) is 31.7. The fourth-order valence-electron chi connectivity index (χ4n) is 6.50. The molecular formula is C32H52F4N2O4. The lowest BCUT2D eigenvalue weighted by molar-refractivity contribution is -0.171. The number of nitrogens with zero attached hydrogens (tertiary/aromatic N) is 2. The summed E-state index contributed by atoms with van der Waals surface area (Å²) in [4.78, 5) is 16.5. The van der Waals surface area contributed by atoms with Crippen LogP contribution in [0, 0.1) is 23.1 Å². The van der Waals surface area contributed by atoms with Gasteiger partial charge < -0.3 is 19.1 Å². The highest BCUT2D eigenvalue weighted by molar-refractivity contribution is 5.72. The van der Waals surface area contributed by atoms with E-state index in [1.54, 1.807) is 6.07 Å². The highest BCUT2D eigenvalue weighted by Gasteiger charge is 2.48. The molecule has 242 valence electrons. The maximum Gasteiger partial charge on any atom is 0.401 e. The first kappa shape index (κ1) is 36.4. The first-order chi connectivity index (χ1) is 19.5. The van der Waals surface area contributed by atoms with Gasteiger partial charge in [0.2, 0.25) is 0 Å². The molecule has 42 heavy (non-hydrogen) atoms. The number of fused-ring (bicyclic) bond motifs is 1. The fraction of sp³-hybridized carbons (Fsp3) is 0.781. The van der Waals surface area contributed by atoms with Crippen molar-refractivity contribution in [1.82, 2.24) is 9.80 Å². The molecule has 1 aromatic rings. The summed E-state index contributed by atoms with van der Waals surface area (Å²) in [5, 5.41) is 0. The number of hydrogen-bond donors (Lipinski definition) is 0. The number of benzene rings is 1. The number of esters is 1. The molecule has 6 nitrogen and oxygen atoms in total. The molecule has 0 unspecified atom stereocenters. The summed E-state index contributed by atoms with van der Waals surface area (Å²) in [5.41, 5.74) is 0.658. The van der Waals surface area contributed by atoms with Crippen LogP contribution in [0.1, 0.15) is 70.9 Å². The molecule has 0 spiro atoms. The summed E-state index contributed by atoms with van der Waals surface area (Å²) >= 11 is 0. The standard InChI is InChI=1S/C32H52F4N2O4/c1-23(2)28-27-11-10-26(33)18-25(27)12-13-31(28,42-29(39)24(3)4)14-17-37(6)15-9-16-38(20-32(34,35)36)19-30(5,21-40-7)22-41-8/h10-11,18,23-24,28H,9,12-17,19-22H2,1-8H3/t28-,31-/m0/s1. The van der Waals surface area contributed by atoms with E-state index in [2.05, 4.69) is 18.7 Å². The van der Waals surface area contributed by atoms with Crippen LogP contribution in [0.5, 0.6) is 0 Å². The van der Waals surface area contributed by atoms with Gasteiger partial charge in [-0.2, -0.15) is 13.2 Å². The number of ether oxygens (including phenoxy) is 3. The van der Waals surface area contributed by atoms with Crippen LogP contribution in [0.2, 0.25) is 0 Å². The van der Waals surface area contributed by atoms with Crippen LogP contribution in [-0.2, 0) is 25.4 Å². The number of hydrogen-bond acceptors (Lipinski definition) is 6. The Labute approximate surface area is 250 Å². The van der Waals surface area contributed by atoms with Gasteiger partial charge in [0.1, 0.15) is 11.4 Å². The fourth-order valence-corrected chi connectivity index (χ4v) is 6.50. The lowest BCUT2D eigenvalue weighted by Gasteiger charge is -2.47. The third-order valence-electron chi connectivity index (χ3n) is 8.19. The quantitative estimate of drug-likeness (QED) is 0.153. The Balaban J connectivity index is 2.15. The van der Waals surface area contributed by atoms with Gasteiger partial charge in [0.05, 0.1) is 25.7 Å². The van der Waals surface area contributed by atoms with E-state index in [1.807, 2.05) is 33.9 Å². The molecule has 1 aliphatic carbocycles. The van der Waals surface area contributed by atoms with Gasteiger partial charge >= 0.3 is 12.1 Å². The van der Waals surface area contributed by atoms with Gasteiger partial charge in [-0.05, 0) is 68.6 Å². The van der Waals surface area contributed by atoms with Crippen molar-refractivity contribution >= 4 is 5.97 Å². The summed E-state index contributed by atoms with van der Waals surface area (Å²) in [6, 6.07) is 4.88. The Morgan fingerprint density at radius 3 is 2.24 bits per heavy atom. The van der Waals surface area contributed by atoms with E-state index in [1.165, 1.54) is 25.2 Å². The van der Waals surface area contributed by atoms with Gasteiger partial charge in [0.15, 0.2) is 0 Å². The number of alkyl halides is 3. The molecule has 0 aliphatic heterocycles. The van der Waals surface area contributed by atoms with Crippen molar-refractivity contribution in [2.45, 2.75) is 78.0 Å². The number of halogens is 4. The maximum atomic E-state index is 14.0. The number of rotatable bonds is 17. The Hall–Kier alpha value is -1.75. The molecule has 0 aromatic heterocycles. The highest BCUT2D eigenvalue weighted by atomic mass is 19.4. The third kappa shape index (κ3) is 10.8. The molecule has 0 fully saturated rings. The third-order valence-corrected chi connectivity index (χ3v) is 8.19. The average molecular weight is 605 g/mol. The van der Waals surface area contributed by atoms with E-state index in [-0.39, 0.29) is 42.6 Å². The smallest absolute Gasteiger partial charge is 0.401 e. The van der Waals surface area contributed by atoms with Crippen molar-refractivity contribution in [3.63, 3.8) is 0 Å². The van der Waals surface area contributed by atoms with E-state index >= 15 is 0 Å². The predicted molar refractivity (Wildman–Crippen MR) is 157 cm³/mol. The summed E-state index contributed by atoms with van der Waals surface area (Å²) in [6.45, 7) is 10.9. The van der Waals surface area contributed by atoms with Crippen LogP contribution in [0.15, 0.2) is 18.2 Å². The number of carbonyl (C=O) groups is 1. The number of carbonyl (C=O) groups excluding carboxylic acids is 1. The molecule has 2 rings (SSSR count). The molecule has 0 N–H and O–H groups in total. The van der Waals surface area contributed by atoms with Crippen molar-refractivity contribution < 1.29 is 36.6 Å². The Morgan fingerprint density at radius 1 is 1.05 bits per heavy atom. The molecule has 1 aromatic carbocycles. The number of methoxy groups -OCH3 is 2. The van der Waals surface area contributed by atoms with Crippen LogP contribution in [-0.4, -0.2) is 94.8 Å². The van der Waals surface area contributed by atoms with E-state index in [9.17, 15) is 22.4 Å². The first-order valence-corrected chi connectivity index (χ1v) is 15.0. The monoisotopic (exact) mass is 604 g/mol. The Bertz CT molecular complexity index is 982. The minimum absolute atomic E-state index is 0.0977. The normalized spacial score (nSPS) is 19.7. The van der Waals surface area contributed by atoms with E-state index in [0.717, 1.165) is 11.1 Å². The molecule has 2 atom stereocenters. The highest BCUT2D eigenvalue weighted by Crippen LogP contribution is 2.48. The average Bonchev–Trinajstić information content (AvgIpc) is 2.86. The van der Waals surface area contributed by atoms with Crippen LogP contribution in [0.25, 0.3) is 0 Å². The zero-order valence-corrected chi connectivity index (χ0v) is 26.8. The predicted octanol–water partition coefficient (Wildman–Crippen LogP) is 6.32. The maximum absolute atomic E-state index is 14.0. The summed E-state index contributed by atoms with van der Waals surface area (Å²) < 4.78 is 71.2. The molecule has 0 heterocycles. The van der Waals surface area contributed by atoms with Crippen molar-refractivity contribution in [3.8, 4) is 0 Å². The molecular weight excluding hydrogens is 552 g/mol. The largest absolute Gasteiger partial charge is 0.458 e. The zero-order valence-electron chi connectivity index (χ0n) is 26.8. The second kappa shape index (κ2) is 15.8. The second-order valence-electron chi connectivity index (χ2n) is 13.1. The van der Waals surface area contributed by atoms with Crippen LogP contribution >= 0.6 is 0 Å². The molecule has 0 saturated carbocycles. The molecule has 0 saturated heterocycles. The van der Waals surface area contributed by atoms with Crippen molar-refractivity contribution in [3.05, 3.63) is 35.1 Å². The van der Waals surface area contributed by atoms with E-state index in [0.29, 0.717) is 52.0 Å². The molecule has 10 heteroatoms. The van der Waals surface area contributed by atoms with Crippen LogP contribution < -0.4 is 0 Å². The van der Waals surface area contributed by atoms with Crippen LogP contribution in [0.3, 0.4) is 0 Å². The molecule has 0 radical (unpaired) electrons. The number of aryl methyl sites for hydroxylation is 1. The second-order valence-corrected chi connectivity index (χ2v) is 13.1. The lowest BCUT2D eigenvalue weighted by atomic mass is 9.65. The Morgan fingerprint density at radius 2 is 1.69 bits per heavy atom. The topological polar surface area (TPSA) is 51.2 Å². The van der Waals surface area contributed by atoms with Gasteiger partial charge in [-0.25, -0.2) is 4.39 Å². The minimum atomic E-state index is -4.31. The van der Waals surface area contributed by atoms with E-state index < -0.39 is 23.7 Å². The van der Waals surface area contributed by atoms with Gasteiger partial charge in [-0.1, -0.05) is 40.7 Å². The van der Waals surface area contributed by atoms with Crippen molar-refractivity contribution in [2.75, 3.05) is 67.2 Å². The molecule has 1 aliphatic rings. The lowest BCUT2D eigenvalue weighted by Crippen LogP contribution is -2.49. The molecule has 0 amide bonds.